The maximum atomic E-state index is 5.99. The van der Waals surface area contributed by atoms with Crippen molar-refractivity contribution in [1.82, 2.24) is 10.6 Å². The molecule has 0 aromatic heterocycles. The Bertz CT molecular complexity index is 760. The Morgan fingerprint density at radius 2 is 1.86 bits per heavy atom. The number of aliphatic imine (C=N–C) groups is 1. The smallest absolute Gasteiger partial charge is 0.191 e. The van der Waals surface area contributed by atoms with Crippen LogP contribution in [0, 0.1) is 6.92 Å². The van der Waals surface area contributed by atoms with Gasteiger partial charge in [0.2, 0.25) is 0 Å². The molecule has 2 aromatic carbocycles. The van der Waals surface area contributed by atoms with Gasteiger partial charge >= 0.3 is 0 Å². The summed E-state index contributed by atoms with van der Waals surface area (Å²) in [4.78, 5) is 6.83. The van der Waals surface area contributed by atoms with E-state index >= 15 is 0 Å². The van der Waals surface area contributed by atoms with Crippen molar-refractivity contribution in [2.45, 2.75) is 38.8 Å². The molecule has 1 fully saturated rings. The second-order valence-electron chi connectivity index (χ2n) is 7.44. The van der Waals surface area contributed by atoms with Crippen LogP contribution in [0.5, 0.6) is 5.75 Å². The number of hydrogen-bond donors (Lipinski definition) is 2. The predicted octanol–water partition coefficient (Wildman–Crippen LogP) is 4.21. The molecule has 29 heavy (non-hydrogen) atoms. The fraction of sp³-hybridized carbons (Fsp3) is 0.435. The molecule has 1 atom stereocenters. The standard InChI is InChI=1S/C23H32N4O.HI/c1-18-8-7-11-22(16-18)28-19(2)17-25-23(24-3)26-20-12-14-27(15-13-20)21-9-5-4-6-10-21;/h4-11,16,19-20H,12-15,17H2,1-3H3,(H2,24,25,26);1H. The number of aryl methyl sites for hydroxylation is 1. The van der Waals surface area contributed by atoms with Crippen LogP contribution in [0.15, 0.2) is 59.6 Å². The molecule has 1 heterocycles. The number of hydrogen-bond acceptors (Lipinski definition) is 3. The summed E-state index contributed by atoms with van der Waals surface area (Å²) in [5, 5.41) is 6.96. The van der Waals surface area contributed by atoms with Gasteiger partial charge in [-0.15, -0.1) is 24.0 Å². The van der Waals surface area contributed by atoms with E-state index in [2.05, 4.69) is 76.8 Å². The van der Waals surface area contributed by atoms with E-state index in [9.17, 15) is 0 Å². The maximum Gasteiger partial charge on any atom is 0.191 e. The first-order valence-corrected chi connectivity index (χ1v) is 10.1. The Kier molecular flexibility index (Phi) is 9.57. The van der Waals surface area contributed by atoms with Crippen LogP contribution in [-0.4, -0.2) is 44.8 Å². The van der Waals surface area contributed by atoms with E-state index in [1.54, 1.807) is 0 Å². The third-order valence-corrected chi connectivity index (χ3v) is 5.06. The van der Waals surface area contributed by atoms with Crippen molar-refractivity contribution < 1.29 is 4.74 Å². The van der Waals surface area contributed by atoms with Gasteiger partial charge in [-0.05, 0) is 56.5 Å². The molecule has 0 aliphatic carbocycles. The van der Waals surface area contributed by atoms with Crippen LogP contribution < -0.4 is 20.3 Å². The molecule has 0 amide bonds. The van der Waals surface area contributed by atoms with Crippen LogP contribution in [-0.2, 0) is 0 Å². The Hall–Kier alpha value is -1.96. The molecule has 158 valence electrons. The van der Waals surface area contributed by atoms with E-state index in [1.165, 1.54) is 11.3 Å². The summed E-state index contributed by atoms with van der Waals surface area (Å²) in [7, 11) is 1.82. The molecule has 5 nitrogen and oxygen atoms in total. The van der Waals surface area contributed by atoms with Gasteiger partial charge in [0.1, 0.15) is 11.9 Å². The molecule has 1 saturated heterocycles. The lowest BCUT2D eigenvalue weighted by molar-refractivity contribution is 0.223. The first-order chi connectivity index (χ1) is 13.6. The number of benzene rings is 2. The van der Waals surface area contributed by atoms with E-state index < -0.39 is 0 Å². The van der Waals surface area contributed by atoms with Gasteiger partial charge in [-0.25, -0.2) is 0 Å². The van der Waals surface area contributed by atoms with Gasteiger partial charge in [0, 0.05) is 31.9 Å². The van der Waals surface area contributed by atoms with Crippen molar-refractivity contribution in [3.05, 3.63) is 60.2 Å². The number of nitrogens with zero attached hydrogens (tertiary/aromatic N) is 2. The lowest BCUT2D eigenvalue weighted by atomic mass is 10.0. The third kappa shape index (κ3) is 7.42. The van der Waals surface area contributed by atoms with Crippen molar-refractivity contribution in [3.8, 4) is 5.75 Å². The number of anilines is 1. The highest BCUT2D eigenvalue weighted by atomic mass is 127. The third-order valence-electron chi connectivity index (χ3n) is 5.06. The summed E-state index contributed by atoms with van der Waals surface area (Å²) in [6, 6.07) is 19.2. The van der Waals surface area contributed by atoms with E-state index in [0.29, 0.717) is 12.6 Å². The molecule has 1 aliphatic heterocycles. The predicted molar refractivity (Wildman–Crippen MR) is 133 cm³/mol. The van der Waals surface area contributed by atoms with Gasteiger partial charge in [0.05, 0.1) is 6.54 Å². The van der Waals surface area contributed by atoms with Crippen LogP contribution in [0.1, 0.15) is 25.3 Å². The lowest BCUT2D eigenvalue weighted by Gasteiger charge is -2.34. The Morgan fingerprint density at radius 1 is 1.14 bits per heavy atom. The fourth-order valence-electron chi connectivity index (χ4n) is 3.51. The quantitative estimate of drug-likeness (QED) is 0.349. The van der Waals surface area contributed by atoms with E-state index in [4.69, 9.17) is 4.74 Å². The average molecular weight is 508 g/mol. The molecule has 3 rings (SSSR count). The highest BCUT2D eigenvalue weighted by molar-refractivity contribution is 14.0. The van der Waals surface area contributed by atoms with E-state index in [1.807, 2.05) is 19.2 Å². The molecule has 0 bridgehead atoms. The number of nitrogens with one attached hydrogen (secondary N) is 2. The van der Waals surface area contributed by atoms with Gasteiger partial charge in [0.25, 0.3) is 0 Å². The van der Waals surface area contributed by atoms with Gasteiger partial charge in [-0.1, -0.05) is 30.3 Å². The second kappa shape index (κ2) is 11.9. The van der Waals surface area contributed by atoms with Crippen LogP contribution >= 0.6 is 24.0 Å². The van der Waals surface area contributed by atoms with Crippen molar-refractivity contribution in [3.63, 3.8) is 0 Å². The van der Waals surface area contributed by atoms with Gasteiger partial charge in [-0.3, -0.25) is 4.99 Å². The highest BCUT2D eigenvalue weighted by Gasteiger charge is 2.20. The van der Waals surface area contributed by atoms with Gasteiger partial charge in [0.15, 0.2) is 5.96 Å². The number of rotatable bonds is 6. The topological polar surface area (TPSA) is 48.9 Å². The molecule has 0 spiro atoms. The van der Waals surface area contributed by atoms with Crippen LogP contribution in [0.2, 0.25) is 0 Å². The van der Waals surface area contributed by atoms with Crippen molar-refractivity contribution in [2.24, 2.45) is 4.99 Å². The highest BCUT2D eigenvalue weighted by Crippen LogP contribution is 2.19. The first kappa shape index (κ1) is 23.3. The molecule has 0 saturated carbocycles. The Balaban J connectivity index is 0.00000300. The van der Waals surface area contributed by atoms with Crippen LogP contribution in [0.25, 0.3) is 0 Å². The minimum Gasteiger partial charge on any atom is -0.489 e. The van der Waals surface area contributed by atoms with E-state index in [0.717, 1.165) is 37.6 Å². The molecule has 0 radical (unpaired) electrons. The Labute approximate surface area is 192 Å². The number of halogens is 1. The average Bonchev–Trinajstić information content (AvgIpc) is 2.72. The van der Waals surface area contributed by atoms with Gasteiger partial charge < -0.3 is 20.3 Å². The molecular weight excluding hydrogens is 475 g/mol. The normalized spacial score (nSPS) is 16.0. The monoisotopic (exact) mass is 508 g/mol. The second-order valence-corrected chi connectivity index (χ2v) is 7.44. The summed E-state index contributed by atoms with van der Waals surface area (Å²) in [5.74, 6) is 1.75. The largest absolute Gasteiger partial charge is 0.489 e. The van der Waals surface area contributed by atoms with Crippen molar-refractivity contribution in [1.29, 1.82) is 0 Å². The number of para-hydroxylation sites is 1. The minimum absolute atomic E-state index is 0. The molecule has 6 heteroatoms. The molecule has 1 unspecified atom stereocenters. The summed E-state index contributed by atoms with van der Waals surface area (Å²) in [6.45, 7) is 6.97. The molecule has 1 aliphatic rings. The number of guanidine groups is 1. The zero-order valence-electron chi connectivity index (χ0n) is 17.6. The maximum absolute atomic E-state index is 5.99. The zero-order chi connectivity index (χ0) is 19.8. The van der Waals surface area contributed by atoms with Gasteiger partial charge in [-0.2, -0.15) is 0 Å². The molecule has 2 aromatic rings. The Morgan fingerprint density at radius 3 is 2.52 bits per heavy atom. The zero-order valence-corrected chi connectivity index (χ0v) is 19.9. The SMILES string of the molecule is CN=C(NCC(C)Oc1cccc(C)c1)NC1CCN(c2ccccc2)CC1.I. The fourth-order valence-corrected chi connectivity index (χ4v) is 3.51. The number of ether oxygens (including phenoxy) is 1. The first-order valence-electron chi connectivity index (χ1n) is 10.1. The number of piperidine rings is 1. The summed E-state index contributed by atoms with van der Waals surface area (Å²) in [6.07, 6.45) is 2.26. The molecule has 2 N–H and O–H groups in total. The summed E-state index contributed by atoms with van der Waals surface area (Å²) >= 11 is 0. The van der Waals surface area contributed by atoms with Crippen LogP contribution in [0.4, 0.5) is 5.69 Å². The van der Waals surface area contributed by atoms with Crippen molar-refractivity contribution in [2.75, 3.05) is 31.6 Å². The van der Waals surface area contributed by atoms with Crippen LogP contribution in [0.3, 0.4) is 0 Å². The minimum atomic E-state index is 0. The molecular formula is C23H33IN4O. The lowest BCUT2D eigenvalue weighted by Crippen LogP contribution is -2.50. The summed E-state index contributed by atoms with van der Waals surface area (Å²) < 4.78 is 5.99. The van der Waals surface area contributed by atoms with Crippen molar-refractivity contribution >= 4 is 35.6 Å². The van der Waals surface area contributed by atoms with E-state index in [-0.39, 0.29) is 30.1 Å². The summed E-state index contributed by atoms with van der Waals surface area (Å²) in [5.41, 5.74) is 2.52.